The Hall–Kier alpha value is -1.05. The van der Waals surface area contributed by atoms with E-state index in [4.69, 9.17) is 0 Å². The molecule has 0 aromatic rings. The molecule has 0 saturated carbocycles. The van der Waals surface area contributed by atoms with Gasteiger partial charge in [-0.15, -0.1) is 0 Å². The maximum atomic E-state index is 11.6. The molecule has 0 radical (unpaired) electrons. The summed E-state index contributed by atoms with van der Waals surface area (Å²) in [6, 6.07) is 0. The zero-order chi connectivity index (χ0) is 9.52. The highest BCUT2D eigenvalue weighted by Crippen LogP contribution is 2.02. The fourth-order valence-corrected chi connectivity index (χ4v) is 1.41. The maximum absolute atomic E-state index is 11.6. The number of amides is 1. The van der Waals surface area contributed by atoms with Gasteiger partial charge < -0.3 is 4.90 Å². The first-order chi connectivity index (χ1) is 6.34. The summed E-state index contributed by atoms with van der Waals surface area (Å²) in [5.41, 5.74) is 0. The monoisotopic (exact) mass is 179 g/mol. The van der Waals surface area contributed by atoms with Gasteiger partial charge in [0.1, 0.15) is 0 Å². The first-order valence-electron chi connectivity index (χ1n) is 4.94. The van der Waals surface area contributed by atoms with Gasteiger partial charge in [-0.3, -0.25) is 4.79 Å². The number of rotatable bonds is 2. The summed E-state index contributed by atoms with van der Waals surface area (Å²) in [5, 5.41) is 0. The van der Waals surface area contributed by atoms with Crippen molar-refractivity contribution in [3.63, 3.8) is 0 Å². The van der Waals surface area contributed by atoms with Crippen molar-refractivity contribution < 1.29 is 4.79 Å². The van der Waals surface area contributed by atoms with Gasteiger partial charge in [0.05, 0.1) is 0 Å². The molecule has 1 amide bonds. The number of carbonyl (C=O) groups excluding carboxylic acids is 1. The molecule has 0 fully saturated rings. The van der Waals surface area contributed by atoms with Crippen molar-refractivity contribution in [2.75, 3.05) is 13.1 Å². The Balaban J connectivity index is 2.54. The molecule has 0 aromatic heterocycles. The first kappa shape index (κ1) is 10.0. The fourth-order valence-electron chi connectivity index (χ4n) is 1.41. The van der Waals surface area contributed by atoms with E-state index in [0.29, 0.717) is 6.42 Å². The molecular formula is C11H17NO. The minimum absolute atomic E-state index is 0.252. The molecule has 0 atom stereocenters. The lowest BCUT2D eigenvalue weighted by atomic mass is 10.3. The number of nitrogens with zero attached hydrogens (tertiary/aromatic N) is 1. The van der Waals surface area contributed by atoms with Crippen LogP contribution in [0.3, 0.4) is 0 Å². The third-order valence-electron chi connectivity index (χ3n) is 2.09. The molecule has 1 aliphatic rings. The highest BCUT2D eigenvalue weighted by Gasteiger charge is 2.09. The predicted octanol–water partition coefficient (Wildman–Crippen LogP) is 2.13. The van der Waals surface area contributed by atoms with E-state index in [2.05, 4.69) is 13.0 Å². The van der Waals surface area contributed by atoms with E-state index in [1.807, 2.05) is 23.1 Å². The molecule has 1 heterocycles. The molecule has 0 unspecified atom stereocenters. The Kier molecular flexibility index (Phi) is 4.30. The van der Waals surface area contributed by atoms with Crippen LogP contribution >= 0.6 is 0 Å². The molecule has 2 heteroatoms. The molecule has 0 saturated heterocycles. The Morgan fingerprint density at radius 1 is 1.38 bits per heavy atom. The smallest absolute Gasteiger partial charge is 0.226 e. The number of hydrogen-bond acceptors (Lipinski definition) is 1. The summed E-state index contributed by atoms with van der Waals surface area (Å²) >= 11 is 0. The Labute approximate surface area is 79.9 Å². The van der Waals surface area contributed by atoms with Gasteiger partial charge >= 0.3 is 0 Å². The highest BCUT2D eigenvalue weighted by molar-refractivity contribution is 5.77. The molecule has 2 nitrogen and oxygen atoms in total. The van der Waals surface area contributed by atoms with Crippen molar-refractivity contribution in [2.24, 2.45) is 0 Å². The van der Waals surface area contributed by atoms with Crippen LogP contribution < -0.4 is 0 Å². The Bertz CT molecular complexity index is 218. The van der Waals surface area contributed by atoms with E-state index in [1.165, 1.54) is 0 Å². The van der Waals surface area contributed by atoms with Gasteiger partial charge in [0, 0.05) is 19.5 Å². The van der Waals surface area contributed by atoms with E-state index in [0.717, 1.165) is 25.9 Å². The number of carbonyl (C=O) groups is 1. The SMILES string of the molecule is CCCN1CC/C=C\C=C/CC1=O. The van der Waals surface area contributed by atoms with Crippen molar-refractivity contribution >= 4 is 5.91 Å². The lowest BCUT2D eigenvalue weighted by molar-refractivity contribution is -0.130. The van der Waals surface area contributed by atoms with Gasteiger partial charge in [-0.05, 0) is 12.8 Å². The lowest BCUT2D eigenvalue weighted by Gasteiger charge is -2.20. The average Bonchev–Trinajstić information content (AvgIpc) is 2.21. The van der Waals surface area contributed by atoms with Crippen LogP contribution in [0.2, 0.25) is 0 Å². The molecule has 1 aliphatic heterocycles. The van der Waals surface area contributed by atoms with Gasteiger partial charge in [-0.1, -0.05) is 31.2 Å². The zero-order valence-electron chi connectivity index (χ0n) is 8.20. The van der Waals surface area contributed by atoms with E-state index in [9.17, 15) is 4.79 Å². The second kappa shape index (κ2) is 5.57. The Morgan fingerprint density at radius 3 is 2.92 bits per heavy atom. The van der Waals surface area contributed by atoms with Gasteiger partial charge in [0.25, 0.3) is 0 Å². The molecule has 1 rings (SSSR count). The summed E-state index contributed by atoms with van der Waals surface area (Å²) in [6.45, 7) is 3.86. The second-order valence-corrected chi connectivity index (χ2v) is 3.23. The standard InChI is InChI=1S/C11H17NO/c1-2-9-12-10-7-5-3-4-6-8-11(12)13/h3-6H,2,7-10H2,1H3/b5-3-,6-4-. The minimum atomic E-state index is 0.252. The van der Waals surface area contributed by atoms with Crippen LogP contribution in [0.25, 0.3) is 0 Å². The molecule has 0 spiro atoms. The van der Waals surface area contributed by atoms with Gasteiger partial charge in [0.2, 0.25) is 5.91 Å². The third-order valence-corrected chi connectivity index (χ3v) is 2.09. The van der Waals surface area contributed by atoms with Crippen LogP contribution in [0, 0.1) is 0 Å². The number of hydrogen-bond donors (Lipinski definition) is 0. The number of allylic oxidation sites excluding steroid dienone is 2. The molecule has 0 N–H and O–H groups in total. The van der Waals surface area contributed by atoms with Crippen LogP contribution in [0.15, 0.2) is 24.3 Å². The third kappa shape index (κ3) is 3.45. The second-order valence-electron chi connectivity index (χ2n) is 3.23. The average molecular weight is 179 g/mol. The van der Waals surface area contributed by atoms with Crippen LogP contribution in [0.4, 0.5) is 0 Å². The molecule has 0 aromatic carbocycles. The van der Waals surface area contributed by atoms with E-state index in [-0.39, 0.29) is 5.91 Å². The molecular weight excluding hydrogens is 162 g/mol. The minimum Gasteiger partial charge on any atom is -0.342 e. The van der Waals surface area contributed by atoms with Gasteiger partial charge in [0.15, 0.2) is 0 Å². The van der Waals surface area contributed by atoms with E-state index >= 15 is 0 Å². The summed E-state index contributed by atoms with van der Waals surface area (Å²) < 4.78 is 0. The topological polar surface area (TPSA) is 20.3 Å². The van der Waals surface area contributed by atoms with Crippen LogP contribution in [0.5, 0.6) is 0 Å². The first-order valence-corrected chi connectivity index (χ1v) is 4.94. The molecule has 13 heavy (non-hydrogen) atoms. The summed E-state index contributed by atoms with van der Waals surface area (Å²) in [4.78, 5) is 13.5. The van der Waals surface area contributed by atoms with Crippen LogP contribution in [-0.2, 0) is 4.79 Å². The van der Waals surface area contributed by atoms with E-state index in [1.54, 1.807) is 0 Å². The van der Waals surface area contributed by atoms with Crippen molar-refractivity contribution in [2.45, 2.75) is 26.2 Å². The van der Waals surface area contributed by atoms with Gasteiger partial charge in [-0.2, -0.15) is 0 Å². The van der Waals surface area contributed by atoms with Crippen molar-refractivity contribution in [1.82, 2.24) is 4.90 Å². The predicted molar refractivity (Wildman–Crippen MR) is 54.4 cm³/mol. The van der Waals surface area contributed by atoms with E-state index < -0.39 is 0 Å². The van der Waals surface area contributed by atoms with Crippen molar-refractivity contribution in [1.29, 1.82) is 0 Å². The fraction of sp³-hybridized carbons (Fsp3) is 0.545. The van der Waals surface area contributed by atoms with Crippen molar-refractivity contribution in [3.05, 3.63) is 24.3 Å². The zero-order valence-corrected chi connectivity index (χ0v) is 8.20. The summed E-state index contributed by atoms with van der Waals surface area (Å²) in [5.74, 6) is 0.252. The Morgan fingerprint density at radius 2 is 2.15 bits per heavy atom. The summed E-state index contributed by atoms with van der Waals surface area (Å²) in [7, 11) is 0. The normalized spacial score (nSPS) is 23.2. The van der Waals surface area contributed by atoms with Crippen molar-refractivity contribution in [3.8, 4) is 0 Å². The van der Waals surface area contributed by atoms with Crippen LogP contribution in [-0.4, -0.2) is 23.9 Å². The summed E-state index contributed by atoms with van der Waals surface area (Å²) in [6.07, 6.45) is 10.6. The highest BCUT2D eigenvalue weighted by atomic mass is 16.2. The lowest BCUT2D eigenvalue weighted by Crippen LogP contribution is -2.31. The molecule has 72 valence electrons. The maximum Gasteiger partial charge on any atom is 0.226 e. The molecule has 0 bridgehead atoms. The van der Waals surface area contributed by atoms with Gasteiger partial charge in [-0.25, -0.2) is 0 Å². The van der Waals surface area contributed by atoms with Crippen LogP contribution in [0.1, 0.15) is 26.2 Å². The largest absolute Gasteiger partial charge is 0.342 e. The quantitative estimate of drug-likeness (QED) is 0.636. The molecule has 0 aliphatic carbocycles.